The molecular formula is C18H29N3O5. The van der Waals surface area contributed by atoms with Crippen LogP contribution >= 0.6 is 0 Å². The number of amides is 1. The third-order valence-corrected chi connectivity index (χ3v) is 3.00. The van der Waals surface area contributed by atoms with E-state index in [0.29, 0.717) is 12.8 Å². The van der Waals surface area contributed by atoms with Crippen LogP contribution in [0.3, 0.4) is 0 Å². The van der Waals surface area contributed by atoms with Crippen molar-refractivity contribution in [2.24, 2.45) is 10.9 Å². The minimum Gasteiger partial charge on any atom is -0.494 e. The van der Waals surface area contributed by atoms with Crippen molar-refractivity contribution in [1.82, 2.24) is 5.32 Å². The number of ether oxygens (including phenoxy) is 1. The maximum Gasteiger partial charge on any atom is 0.290 e. The molecule has 146 valence electrons. The van der Waals surface area contributed by atoms with Crippen molar-refractivity contribution in [2.45, 2.75) is 39.5 Å². The Morgan fingerprint density at radius 1 is 1.31 bits per heavy atom. The Kier molecular flexibility index (Phi) is 18.0. The third-order valence-electron chi connectivity index (χ3n) is 3.00. The van der Waals surface area contributed by atoms with Gasteiger partial charge in [-0.3, -0.25) is 9.59 Å². The number of carboxylic acid groups (broad SMARTS) is 1. The number of nitrogens with zero attached hydrogens (tertiary/aromatic N) is 1. The summed E-state index contributed by atoms with van der Waals surface area (Å²) in [4.78, 5) is 28.3. The Hall–Kier alpha value is -2.90. The summed E-state index contributed by atoms with van der Waals surface area (Å²) in [6, 6.07) is 7.82. The van der Waals surface area contributed by atoms with E-state index in [1.54, 1.807) is 7.05 Å². The molecular weight excluding hydrogens is 338 g/mol. The molecule has 0 heterocycles. The summed E-state index contributed by atoms with van der Waals surface area (Å²) in [6.45, 7) is 4.56. The molecule has 1 rings (SSSR count). The topological polar surface area (TPSA) is 131 Å². The molecule has 0 bridgehead atoms. The number of rotatable bonds is 8. The van der Waals surface area contributed by atoms with Crippen molar-refractivity contribution in [3.8, 4) is 5.75 Å². The molecule has 0 aliphatic rings. The minimum atomic E-state index is -0.250. The lowest BCUT2D eigenvalue weighted by Gasteiger charge is -2.05. The van der Waals surface area contributed by atoms with Gasteiger partial charge >= 0.3 is 0 Å². The van der Waals surface area contributed by atoms with Crippen molar-refractivity contribution < 1.29 is 24.2 Å². The number of hydrogen-bond donors (Lipinski definition) is 3. The van der Waals surface area contributed by atoms with Gasteiger partial charge in [0.05, 0.1) is 12.3 Å². The highest BCUT2D eigenvalue weighted by Gasteiger charge is 1.98. The normalized spacial score (nSPS) is 9.58. The molecule has 0 spiro atoms. The van der Waals surface area contributed by atoms with Crippen LogP contribution in [0, 0.1) is 0 Å². The van der Waals surface area contributed by atoms with Crippen LogP contribution in [0.15, 0.2) is 29.4 Å². The molecule has 0 saturated heterocycles. The van der Waals surface area contributed by atoms with Crippen LogP contribution in [0.5, 0.6) is 5.75 Å². The lowest BCUT2D eigenvalue weighted by molar-refractivity contribution is -0.123. The summed E-state index contributed by atoms with van der Waals surface area (Å²) in [5.41, 5.74) is 1.86. The lowest BCUT2D eigenvalue weighted by atomic mass is 10.1. The highest BCUT2D eigenvalue weighted by Crippen LogP contribution is 2.13. The predicted octanol–water partition coefficient (Wildman–Crippen LogP) is 1.96. The van der Waals surface area contributed by atoms with E-state index >= 15 is 0 Å². The SMILES string of the molecule is CCCCOc1ccc(/C(C)=N/N)cc1.CNC(=O)CCC=O.O=CO. The Balaban J connectivity index is 0. The summed E-state index contributed by atoms with van der Waals surface area (Å²) >= 11 is 0. The number of nitrogens with one attached hydrogen (secondary N) is 1. The van der Waals surface area contributed by atoms with E-state index in [2.05, 4.69) is 17.3 Å². The second kappa shape index (κ2) is 18.4. The maximum atomic E-state index is 10.3. The number of nitrogens with two attached hydrogens (primary N) is 1. The minimum absolute atomic E-state index is 0.0860. The summed E-state index contributed by atoms with van der Waals surface area (Å²) in [6.07, 6.45) is 3.59. The second-order valence-electron chi connectivity index (χ2n) is 4.92. The van der Waals surface area contributed by atoms with E-state index in [0.717, 1.165) is 42.8 Å². The van der Waals surface area contributed by atoms with E-state index in [1.807, 2.05) is 31.2 Å². The third kappa shape index (κ3) is 14.7. The van der Waals surface area contributed by atoms with Gasteiger partial charge < -0.3 is 25.8 Å². The van der Waals surface area contributed by atoms with Gasteiger partial charge in [-0.15, -0.1) is 0 Å². The first-order valence-electron chi connectivity index (χ1n) is 8.20. The molecule has 4 N–H and O–H groups in total. The van der Waals surface area contributed by atoms with Crippen LogP contribution in [-0.2, 0) is 14.4 Å². The zero-order valence-corrected chi connectivity index (χ0v) is 15.6. The van der Waals surface area contributed by atoms with Crippen molar-refractivity contribution >= 4 is 24.4 Å². The van der Waals surface area contributed by atoms with E-state index in [1.165, 1.54) is 0 Å². The van der Waals surface area contributed by atoms with Crippen molar-refractivity contribution in [2.75, 3.05) is 13.7 Å². The van der Waals surface area contributed by atoms with Gasteiger partial charge in [0, 0.05) is 19.9 Å². The van der Waals surface area contributed by atoms with Crippen LogP contribution in [0.25, 0.3) is 0 Å². The summed E-state index contributed by atoms with van der Waals surface area (Å²) in [7, 11) is 1.55. The monoisotopic (exact) mass is 367 g/mol. The van der Waals surface area contributed by atoms with Gasteiger partial charge in [0.1, 0.15) is 12.0 Å². The second-order valence-corrected chi connectivity index (χ2v) is 4.92. The fourth-order valence-corrected chi connectivity index (χ4v) is 1.52. The van der Waals surface area contributed by atoms with Gasteiger partial charge in [-0.25, -0.2) is 0 Å². The number of unbranched alkanes of at least 4 members (excludes halogenated alkanes) is 1. The standard InChI is InChI=1S/C12H18N2O.C5H9NO2.CH2O2/c1-3-4-9-15-12-7-5-11(6-8-12)10(2)14-13;1-6-5(8)3-2-4-7;2-1-3/h5-8H,3-4,9,13H2,1-2H3;4H,2-3H2,1H3,(H,6,8);1H,(H,2,3)/b14-10+;;. The molecule has 0 aromatic heterocycles. The van der Waals surface area contributed by atoms with Gasteiger partial charge in [-0.2, -0.15) is 5.10 Å². The molecule has 8 nitrogen and oxygen atoms in total. The average Bonchev–Trinajstić information content (AvgIpc) is 2.67. The lowest BCUT2D eigenvalue weighted by Crippen LogP contribution is -2.16. The highest BCUT2D eigenvalue weighted by atomic mass is 16.5. The van der Waals surface area contributed by atoms with E-state index in [-0.39, 0.29) is 12.4 Å². The van der Waals surface area contributed by atoms with Crippen LogP contribution in [0.1, 0.15) is 45.1 Å². The number of aldehydes is 1. The molecule has 1 aromatic carbocycles. The van der Waals surface area contributed by atoms with Gasteiger partial charge in [0.15, 0.2) is 0 Å². The molecule has 0 atom stereocenters. The smallest absolute Gasteiger partial charge is 0.290 e. The van der Waals surface area contributed by atoms with Gasteiger partial charge in [0.2, 0.25) is 5.91 Å². The summed E-state index contributed by atoms with van der Waals surface area (Å²) < 4.78 is 5.54. The number of benzene rings is 1. The molecule has 0 saturated carbocycles. The van der Waals surface area contributed by atoms with Crippen LogP contribution in [0.2, 0.25) is 0 Å². The summed E-state index contributed by atoms with van der Waals surface area (Å²) in [5, 5.41) is 12.9. The molecule has 0 fully saturated rings. The number of carbonyl (C=O) groups excluding carboxylic acids is 2. The van der Waals surface area contributed by atoms with E-state index < -0.39 is 0 Å². The van der Waals surface area contributed by atoms with E-state index in [9.17, 15) is 9.59 Å². The number of hydrazone groups is 1. The highest BCUT2D eigenvalue weighted by molar-refractivity contribution is 5.98. The summed E-state index contributed by atoms with van der Waals surface area (Å²) in [5.74, 6) is 6.01. The fraction of sp³-hybridized carbons (Fsp3) is 0.444. The Morgan fingerprint density at radius 3 is 2.31 bits per heavy atom. The Bertz CT molecular complexity index is 530. The Labute approximate surface area is 154 Å². The Morgan fingerprint density at radius 2 is 1.88 bits per heavy atom. The molecule has 8 heteroatoms. The average molecular weight is 367 g/mol. The van der Waals surface area contributed by atoms with E-state index in [4.69, 9.17) is 20.5 Å². The zero-order chi connectivity index (χ0) is 20.2. The molecule has 1 aromatic rings. The largest absolute Gasteiger partial charge is 0.494 e. The molecule has 0 radical (unpaired) electrons. The fourth-order valence-electron chi connectivity index (χ4n) is 1.52. The molecule has 0 aliphatic carbocycles. The molecule has 0 aliphatic heterocycles. The van der Waals surface area contributed by atoms with Crippen molar-refractivity contribution in [3.05, 3.63) is 29.8 Å². The zero-order valence-electron chi connectivity index (χ0n) is 15.6. The first-order chi connectivity index (χ1) is 12.5. The quantitative estimate of drug-likeness (QED) is 0.212. The number of carbonyl (C=O) groups is 3. The predicted molar refractivity (Wildman–Crippen MR) is 101 cm³/mol. The van der Waals surface area contributed by atoms with Gasteiger partial charge in [-0.05, 0) is 43.2 Å². The molecule has 1 amide bonds. The van der Waals surface area contributed by atoms with Crippen molar-refractivity contribution in [3.63, 3.8) is 0 Å². The van der Waals surface area contributed by atoms with Crippen molar-refractivity contribution in [1.29, 1.82) is 0 Å². The van der Waals surface area contributed by atoms with Crippen LogP contribution in [0.4, 0.5) is 0 Å². The first kappa shape index (κ1) is 25.3. The number of hydrogen-bond acceptors (Lipinski definition) is 6. The van der Waals surface area contributed by atoms with Crippen LogP contribution in [-0.4, -0.2) is 43.1 Å². The van der Waals surface area contributed by atoms with Gasteiger partial charge in [-0.1, -0.05) is 13.3 Å². The molecule has 26 heavy (non-hydrogen) atoms. The van der Waals surface area contributed by atoms with Gasteiger partial charge in [0.25, 0.3) is 6.47 Å². The first-order valence-corrected chi connectivity index (χ1v) is 8.20. The molecule has 0 unspecified atom stereocenters. The van der Waals surface area contributed by atoms with Crippen LogP contribution < -0.4 is 15.9 Å². The maximum absolute atomic E-state index is 10.3.